The Hall–Kier alpha value is -1.95. The molecule has 0 bridgehead atoms. The van der Waals surface area contributed by atoms with Crippen molar-refractivity contribution in [2.24, 2.45) is 0 Å². The number of aromatic hydroxyl groups is 3. The molecule has 7 N–H and O–H groups in total. The standard InChI is InChI=1S/C15H20O10/c1-15(23)14(22)13(21)12(20)10(25-15)5-24-4-9(18)6-2-7(16)11(19)8(17)3-6/h2-3,10,12-14,16-17,19-23H,4-5H2,1H3/t10-,12-,13+,14-,15-/m1/s1. The van der Waals surface area contributed by atoms with Gasteiger partial charge < -0.3 is 45.2 Å². The molecule has 0 aliphatic carbocycles. The molecule has 1 aromatic carbocycles. The Labute approximate surface area is 142 Å². The number of hydrogen-bond donors (Lipinski definition) is 7. The van der Waals surface area contributed by atoms with E-state index in [1.807, 2.05) is 0 Å². The van der Waals surface area contributed by atoms with E-state index in [-0.39, 0.29) is 12.2 Å². The smallest absolute Gasteiger partial charge is 0.200 e. The van der Waals surface area contributed by atoms with Crippen LogP contribution in [0.3, 0.4) is 0 Å². The Kier molecular flexibility index (Phi) is 5.52. The number of rotatable bonds is 5. The molecule has 1 aliphatic heterocycles. The highest BCUT2D eigenvalue weighted by atomic mass is 16.7. The second-order valence-electron chi connectivity index (χ2n) is 5.94. The van der Waals surface area contributed by atoms with E-state index >= 15 is 0 Å². The molecule has 1 aromatic rings. The third kappa shape index (κ3) is 4.00. The number of phenols is 3. The van der Waals surface area contributed by atoms with Crippen molar-refractivity contribution in [1.82, 2.24) is 0 Å². The van der Waals surface area contributed by atoms with Gasteiger partial charge in [0.05, 0.1) is 6.61 Å². The topological polar surface area (TPSA) is 177 Å². The molecule has 5 atom stereocenters. The fourth-order valence-electron chi connectivity index (χ4n) is 2.42. The molecular formula is C15H20O10. The molecule has 2 rings (SSSR count). The molecule has 0 aromatic heterocycles. The Bertz CT molecular complexity index is 620. The summed E-state index contributed by atoms with van der Waals surface area (Å²) >= 11 is 0. The second-order valence-corrected chi connectivity index (χ2v) is 5.94. The molecule has 0 radical (unpaired) electrons. The van der Waals surface area contributed by atoms with Crippen LogP contribution in [0.2, 0.25) is 0 Å². The maximum absolute atomic E-state index is 12.0. The van der Waals surface area contributed by atoms with Crippen LogP contribution in [-0.2, 0) is 9.47 Å². The number of carbonyl (C=O) groups is 1. The monoisotopic (exact) mass is 360 g/mol. The van der Waals surface area contributed by atoms with Crippen molar-refractivity contribution in [1.29, 1.82) is 0 Å². The normalized spacial score (nSPS) is 32.5. The molecule has 0 unspecified atom stereocenters. The van der Waals surface area contributed by atoms with Gasteiger partial charge in [0.15, 0.2) is 28.8 Å². The maximum atomic E-state index is 12.0. The first-order valence-corrected chi connectivity index (χ1v) is 7.35. The lowest BCUT2D eigenvalue weighted by Crippen LogP contribution is -2.64. The van der Waals surface area contributed by atoms with Gasteiger partial charge in [-0.2, -0.15) is 0 Å². The zero-order chi connectivity index (χ0) is 18.9. The van der Waals surface area contributed by atoms with Crippen LogP contribution in [-0.4, -0.2) is 84.9 Å². The van der Waals surface area contributed by atoms with Gasteiger partial charge in [-0.3, -0.25) is 4.79 Å². The van der Waals surface area contributed by atoms with Crippen LogP contribution >= 0.6 is 0 Å². The van der Waals surface area contributed by atoms with Gasteiger partial charge in [-0.15, -0.1) is 0 Å². The van der Waals surface area contributed by atoms with Gasteiger partial charge in [-0.25, -0.2) is 0 Å². The van der Waals surface area contributed by atoms with Crippen LogP contribution < -0.4 is 0 Å². The minimum Gasteiger partial charge on any atom is -0.504 e. The number of carbonyl (C=O) groups excluding carboxylic acids is 1. The molecule has 10 heteroatoms. The maximum Gasteiger partial charge on any atom is 0.200 e. The molecule has 10 nitrogen and oxygen atoms in total. The van der Waals surface area contributed by atoms with E-state index in [0.29, 0.717) is 0 Å². The van der Waals surface area contributed by atoms with Crippen LogP contribution in [0.15, 0.2) is 12.1 Å². The van der Waals surface area contributed by atoms with Crippen molar-refractivity contribution >= 4 is 5.78 Å². The van der Waals surface area contributed by atoms with E-state index in [0.717, 1.165) is 19.1 Å². The van der Waals surface area contributed by atoms with Gasteiger partial charge in [-0.1, -0.05) is 0 Å². The lowest BCUT2D eigenvalue weighted by molar-refractivity contribution is -0.342. The predicted octanol–water partition coefficient (Wildman–Crippen LogP) is -1.81. The predicted molar refractivity (Wildman–Crippen MR) is 80.1 cm³/mol. The van der Waals surface area contributed by atoms with Crippen molar-refractivity contribution in [3.8, 4) is 17.2 Å². The number of Topliss-reactive ketones (excluding diaryl/α,β-unsaturated/α-hetero) is 1. The van der Waals surface area contributed by atoms with Crippen molar-refractivity contribution in [2.75, 3.05) is 13.2 Å². The van der Waals surface area contributed by atoms with Gasteiger partial charge in [0.25, 0.3) is 0 Å². The minimum absolute atomic E-state index is 0.125. The van der Waals surface area contributed by atoms with E-state index in [1.165, 1.54) is 0 Å². The SMILES string of the molecule is C[C@@]1(O)O[C@H](COCC(=O)c2cc(O)c(O)c(O)c2)[C@@H](O)[C@H](O)[C@H]1O. The molecule has 1 saturated heterocycles. The van der Waals surface area contributed by atoms with Gasteiger partial charge in [0, 0.05) is 5.56 Å². The van der Waals surface area contributed by atoms with E-state index in [9.17, 15) is 40.5 Å². The van der Waals surface area contributed by atoms with E-state index in [4.69, 9.17) is 9.47 Å². The zero-order valence-corrected chi connectivity index (χ0v) is 13.2. The lowest BCUT2D eigenvalue weighted by Gasteiger charge is -2.43. The van der Waals surface area contributed by atoms with E-state index < -0.39 is 59.8 Å². The number of hydrogen-bond acceptors (Lipinski definition) is 10. The van der Waals surface area contributed by atoms with Gasteiger partial charge in [0.1, 0.15) is 31.0 Å². The van der Waals surface area contributed by atoms with Crippen molar-refractivity contribution < 1.29 is 50.0 Å². The first kappa shape index (κ1) is 19.4. The highest BCUT2D eigenvalue weighted by Crippen LogP contribution is 2.35. The van der Waals surface area contributed by atoms with Crippen molar-refractivity contribution in [3.05, 3.63) is 17.7 Å². The van der Waals surface area contributed by atoms with Gasteiger partial charge in [-0.05, 0) is 19.1 Å². The number of aliphatic hydroxyl groups excluding tert-OH is 3. The minimum atomic E-state index is -2.11. The summed E-state index contributed by atoms with van der Waals surface area (Å²) < 4.78 is 10.1. The largest absolute Gasteiger partial charge is 0.504 e. The number of aliphatic hydroxyl groups is 4. The summed E-state index contributed by atoms with van der Waals surface area (Å²) in [6.45, 7) is 0.187. The summed E-state index contributed by atoms with van der Waals surface area (Å²) in [5.74, 6) is -4.87. The van der Waals surface area contributed by atoms with E-state index in [2.05, 4.69) is 0 Å². The third-order valence-corrected chi connectivity index (χ3v) is 3.90. The summed E-state index contributed by atoms with van der Waals surface area (Å²) in [5, 5.41) is 66.9. The number of phenolic OH excluding ortho intramolecular Hbond substituents is 3. The number of ketones is 1. The summed E-state index contributed by atoms with van der Waals surface area (Å²) in [6.07, 6.45) is -6.14. The van der Waals surface area contributed by atoms with Crippen molar-refractivity contribution in [2.45, 2.75) is 37.1 Å². The third-order valence-electron chi connectivity index (χ3n) is 3.90. The molecule has 0 amide bonds. The number of benzene rings is 1. The summed E-state index contributed by atoms with van der Waals surface area (Å²) in [7, 11) is 0. The average Bonchev–Trinajstić information content (AvgIpc) is 2.54. The second kappa shape index (κ2) is 7.12. The summed E-state index contributed by atoms with van der Waals surface area (Å²) in [5.41, 5.74) is -0.125. The van der Waals surface area contributed by atoms with Crippen LogP contribution in [0.5, 0.6) is 17.2 Å². The molecular weight excluding hydrogens is 340 g/mol. The molecule has 1 fully saturated rings. The Morgan fingerprint density at radius 3 is 2.28 bits per heavy atom. The summed E-state index contributed by atoms with van der Waals surface area (Å²) in [4.78, 5) is 12.0. The highest BCUT2D eigenvalue weighted by Gasteiger charge is 2.49. The van der Waals surface area contributed by atoms with E-state index in [1.54, 1.807) is 0 Å². The fraction of sp³-hybridized carbons (Fsp3) is 0.533. The molecule has 1 heterocycles. The van der Waals surface area contributed by atoms with Crippen LogP contribution in [0.25, 0.3) is 0 Å². The Morgan fingerprint density at radius 2 is 1.72 bits per heavy atom. The number of ether oxygens (including phenoxy) is 2. The van der Waals surface area contributed by atoms with Crippen LogP contribution in [0, 0.1) is 0 Å². The summed E-state index contributed by atoms with van der Waals surface area (Å²) in [6, 6.07) is 1.88. The first-order chi connectivity index (χ1) is 11.5. The average molecular weight is 360 g/mol. The molecule has 25 heavy (non-hydrogen) atoms. The van der Waals surface area contributed by atoms with Crippen molar-refractivity contribution in [3.63, 3.8) is 0 Å². The Morgan fingerprint density at radius 1 is 1.16 bits per heavy atom. The van der Waals surface area contributed by atoms with Crippen LogP contribution in [0.1, 0.15) is 17.3 Å². The highest BCUT2D eigenvalue weighted by molar-refractivity contribution is 5.98. The molecule has 1 aliphatic rings. The lowest BCUT2D eigenvalue weighted by atomic mass is 9.94. The molecule has 0 spiro atoms. The zero-order valence-electron chi connectivity index (χ0n) is 13.2. The quantitative estimate of drug-likeness (QED) is 0.234. The van der Waals surface area contributed by atoms with Gasteiger partial charge in [0.2, 0.25) is 0 Å². The first-order valence-electron chi connectivity index (χ1n) is 7.35. The van der Waals surface area contributed by atoms with Crippen LogP contribution in [0.4, 0.5) is 0 Å². The Balaban J connectivity index is 1.95. The molecule has 0 saturated carbocycles. The van der Waals surface area contributed by atoms with Gasteiger partial charge >= 0.3 is 0 Å². The fourth-order valence-corrected chi connectivity index (χ4v) is 2.42. The molecule has 140 valence electrons.